The van der Waals surface area contributed by atoms with E-state index in [9.17, 15) is 4.79 Å². The summed E-state index contributed by atoms with van der Waals surface area (Å²) < 4.78 is 0. The van der Waals surface area contributed by atoms with Crippen LogP contribution in [0.15, 0.2) is 47.4 Å². The van der Waals surface area contributed by atoms with E-state index in [0.29, 0.717) is 17.8 Å². The summed E-state index contributed by atoms with van der Waals surface area (Å²) in [7, 11) is 1.80. The molecule has 2 N–H and O–H groups in total. The third-order valence-corrected chi connectivity index (χ3v) is 4.22. The van der Waals surface area contributed by atoms with Crippen molar-refractivity contribution in [2.45, 2.75) is 18.4 Å². The van der Waals surface area contributed by atoms with Gasteiger partial charge in [-0.25, -0.2) is 0 Å². The summed E-state index contributed by atoms with van der Waals surface area (Å²) >= 11 is 1.71. The van der Waals surface area contributed by atoms with Crippen LogP contribution in [-0.2, 0) is 6.54 Å². The van der Waals surface area contributed by atoms with Crippen LogP contribution < -0.4 is 5.73 Å². The average molecular weight is 300 g/mol. The molecule has 0 aliphatic heterocycles. The summed E-state index contributed by atoms with van der Waals surface area (Å²) in [5.41, 5.74) is 9.17. The maximum atomic E-state index is 12.5. The number of para-hydroxylation sites is 1. The van der Waals surface area contributed by atoms with Crippen LogP contribution in [0.2, 0.25) is 0 Å². The molecule has 0 aliphatic carbocycles. The molecular formula is C17H20N2OS. The first-order chi connectivity index (χ1) is 10.0. The van der Waals surface area contributed by atoms with Gasteiger partial charge in [-0.2, -0.15) is 0 Å². The Morgan fingerprint density at radius 3 is 2.48 bits per heavy atom. The molecule has 3 nitrogen and oxygen atoms in total. The lowest BCUT2D eigenvalue weighted by atomic mass is 10.1. The zero-order chi connectivity index (χ0) is 15.4. The number of carbonyl (C=O) groups is 1. The van der Waals surface area contributed by atoms with Gasteiger partial charge in [0.2, 0.25) is 0 Å². The Kier molecular flexibility index (Phi) is 4.91. The number of aryl methyl sites for hydroxylation is 1. The number of nitrogens with two attached hydrogens (primary N) is 1. The van der Waals surface area contributed by atoms with E-state index < -0.39 is 0 Å². The molecule has 4 heteroatoms. The standard InChI is InChI=1S/C17H20N2OS/c1-12-5-4-6-15(16(12)18)17(20)19(2)11-13-7-9-14(21-3)10-8-13/h4-10H,11,18H2,1-3H3. The highest BCUT2D eigenvalue weighted by atomic mass is 32.2. The van der Waals surface area contributed by atoms with E-state index >= 15 is 0 Å². The highest BCUT2D eigenvalue weighted by Crippen LogP contribution is 2.20. The summed E-state index contributed by atoms with van der Waals surface area (Å²) in [5.74, 6) is -0.0508. The van der Waals surface area contributed by atoms with Crippen LogP contribution in [0.4, 0.5) is 5.69 Å². The first-order valence-electron chi connectivity index (χ1n) is 6.76. The second kappa shape index (κ2) is 6.68. The van der Waals surface area contributed by atoms with E-state index in [-0.39, 0.29) is 5.91 Å². The molecule has 0 saturated heterocycles. The van der Waals surface area contributed by atoms with Gasteiger partial charge in [-0.1, -0.05) is 24.3 Å². The van der Waals surface area contributed by atoms with Crippen LogP contribution in [0.5, 0.6) is 0 Å². The number of nitrogen functional groups attached to an aromatic ring is 1. The molecule has 0 unspecified atom stereocenters. The molecule has 0 spiro atoms. The molecule has 0 saturated carbocycles. The lowest BCUT2D eigenvalue weighted by molar-refractivity contribution is 0.0786. The molecule has 2 rings (SSSR count). The van der Waals surface area contributed by atoms with Crippen molar-refractivity contribution >= 4 is 23.4 Å². The number of rotatable bonds is 4. The fourth-order valence-electron chi connectivity index (χ4n) is 2.15. The zero-order valence-electron chi connectivity index (χ0n) is 12.6. The monoisotopic (exact) mass is 300 g/mol. The molecule has 0 heterocycles. The van der Waals surface area contributed by atoms with E-state index in [2.05, 4.69) is 24.3 Å². The Bertz CT molecular complexity index is 638. The van der Waals surface area contributed by atoms with E-state index in [0.717, 1.165) is 11.1 Å². The lowest BCUT2D eigenvalue weighted by Gasteiger charge is -2.19. The number of hydrogen-bond donors (Lipinski definition) is 1. The predicted octanol–water partition coefficient (Wildman–Crippen LogP) is 3.57. The molecule has 2 aromatic carbocycles. The van der Waals surface area contributed by atoms with Gasteiger partial charge in [0.15, 0.2) is 0 Å². The third kappa shape index (κ3) is 3.58. The Hall–Kier alpha value is -1.94. The summed E-state index contributed by atoms with van der Waals surface area (Å²) in [5, 5.41) is 0. The fourth-order valence-corrected chi connectivity index (χ4v) is 2.56. The topological polar surface area (TPSA) is 46.3 Å². The molecule has 0 fully saturated rings. The second-order valence-electron chi connectivity index (χ2n) is 5.05. The Labute approximate surface area is 130 Å². The number of carbonyl (C=O) groups excluding carboxylic acids is 1. The first-order valence-corrected chi connectivity index (χ1v) is 7.99. The number of nitrogens with zero attached hydrogens (tertiary/aromatic N) is 1. The molecule has 0 bridgehead atoms. The highest BCUT2D eigenvalue weighted by Gasteiger charge is 2.15. The van der Waals surface area contributed by atoms with Gasteiger partial charge in [0.05, 0.1) is 5.56 Å². The number of thioether (sulfide) groups is 1. The van der Waals surface area contributed by atoms with Crippen LogP contribution in [0, 0.1) is 6.92 Å². The van der Waals surface area contributed by atoms with Crippen molar-refractivity contribution in [1.29, 1.82) is 0 Å². The van der Waals surface area contributed by atoms with Crippen molar-refractivity contribution in [2.75, 3.05) is 19.0 Å². The maximum absolute atomic E-state index is 12.5. The summed E-state index contributed by atoms with van der Waals surface area (Å²) in [6.45, 7) is 2.48. The zero-order valence-corrected chi connectivity index (χ0v) is 13.4. The minimum atomic E-state index is -0.0508. The number of anilines is 1. The van der Waals surface area contributed by atoms with Crippen molar-refractivity contribution < 1.29 is 4.79 Å². The molecule has 110 valence electrons. The first kappa shape index (κ1) is 15.4. The van der Waals surface area contributed by atoms with Crippen LogP contribution in [-0.4, -0.2) is 24.1 Å². The summed E-state index contributed by atoms with van der Waals surface area (Å²) in [6, 6.07) is 13.8. The Morgan fingerprint density at radius 2 is 1.86 bits per heavy atom. The van der Waals surface area contributed by atoms with Crippen molar-refractivity contribution in [1.82, 2.24) is 4.90 Å². The molecule has 0 atom stereocenters. The van der Waals surface area contributed by atoms with Gasteiger partial charge >= 0.3 is 0 Å². The largest absolute Gasteiger partial charge is 0.398 e. The van der Waals surface area contributed by atoms with Gasteiger partial charge in [-0.05, 0) is 42.5 Å². The smallest absolute Gasteiger partial charge is 0.255 e. The number of amides is 1. The Morgan fingerprint density at radius 1 is 1.19 bits per heavy atom. The van der Waals surface area contributed by atoms with E-state index in [1.165, 1.54) is 4.90 Å². The normalized spacial score (nSPS) is 10.4. The van der Waals surface area contributed by atoms with Gasteiger partial charge in [0.1, 0.15) is 0 Å². The quantitative estimate of drug-likeness (QED) is 0.693. The lowest BCUT2D eigenvalue weighted by Crippen LogP contribution is -2.27. The molecular weight excluding hydrogens is 280 g/mol. The second-order valence-corrected chi connectivity index (χ2v) is 5.93. The van der Waals surface area contributed by atoms with Crippen LogP contribution in [0.25, 0.3) is 0 Å². The van der Waals surface area contributed by atoms with E-state index in [1.54, 1.807) is 29.8 Å². The van der Waals surface area contributed by atoms with Crippen molar-refractivity contribution in [3.8, 4) is 0 Å². The van der Waals surface area contributed by atoms with Gasteiger partial charge in [0, 0.05) is 24.2 Å². The van der Waals surface area contributed by atoms with Crippen molar-refractivity contribution in [2.24, 2.45) is 0 Å². The molecule has 0 radical (unpaired) electrons. The van der Waals surface area contributed by atoms with Gasteiger partial charge in [-0.3, -0.25) is 4.79 Å². The highest BCUT2D eigenvalue weighted by molar-refractivity contribution is 7.98. The van der Waals surface area contributed by atoms with Crippen LogP contribution in [0.1, 0.15) is 21.5 Å². The maximum Gasteiger partial charge on any atom is 0.255 e. The third-order valence-electron chi connectivity index (χ3n) is 3.48. The van der Waals surface area contributed by atoms with Crippen molar-refractivity contribution in [3.05, 3.63) is 59.2 Å². The molecule has 2 aromatic rings. The molecule has 0 aromatic heterocycles. The summed E-state index contributed by atoms with van der Waals surface area (Å²) in [4.78, 5) is 15.4. The van der Waals surface area contributed by atoms with Crippen molar-refractivity contribution in [3.63, 3.8) is 0 Å². The fraction of sp³-hybridized carbons (Fsp3) is 0.235. The van der Waals surface area contributed by atoms with E-state index in [4.69, 9.17) is 5.73 Å². The van der Waals surface area contributed by atoms with E-state index in [1.807, 2.05) is 25.3 Å². The van der Waals surface area contributed by atoms with Crippen LogP contribution >= 0.6 is 11.8 Å². The average Bonchev–Trinajstić information content (AvgIpc) is 2.50. The Balaban J connectivity index is 2.13. The SMILES string of the molecule is CSc1ccc(CN(C)C(=O)c2cccc(C)c2N)cc1. The van der Waals surface area contributed by atoms with Gasteiger partial charge < -0.3 is 10.6 Å². The minimum absolute atomic E-state index is 0.0508. The predicted molar refractivity (Wildman–Crippen MR) is 89.6 cm³/mol. The minimum Gasteiger partial charge on any atom is -0.398 e. The number of benzene rings is 2. The molecule has 0 aliphatic rings. The van der Waals surface area contributed by atoms with Gasteiger partial charge in [-0.15, -0.1) is 11.8 Å². The molecule has 21 heavy (non-hydrogen) atoms. The van der Waals surface area contributed by atoms with Gasteiger partial charge in [0.25, 0.3) is 5.91 Å². The molecule has 1 amide bonds. The van der Waals surface area contributed by atoms with Crippen LogP contribution in [0.3, 0.4) is 0 Å². The summed E-state index contributed by atoms with van der Waals surface area (Å²) in [6.07, 6.45) is 2.05. The number of hydrogen-bond acceptors (Lipinski definition) is 3.